The fraction of sp³-hybridized carbons (Fsp3) is 0.417. The van der Waals surface area contributed by atoms with E-state index in [9.17, 15) is 14.9 Å². The number of nitrogens with two attached hydrogens (primary N) is 1. The maximum atomic E-state index is 12.1. The summed E-state index contributed by atoms with van der Waals surface area (Å²) in [5, 5.41) is 10.8. The van der Waals surface area contributed by atoms with E-state index in [0.717, 1.165) is 6.07 Å². The number of methoxy groups -OCH3 is 1. The van der Waals surface area contributed by atoms with Crippen LogP contribution in [-0.4, -0.2) is 43.0 Å². The van der Waals surface area contributed by atoms with E-state index in [2.05, 4.69) is 0 Å². The molecule has 0 unspecified atom stereocenters. The first-order valence-electron chi connectivity index (χ1n) is 5.86. The first-order valence-corrected chi connectivity index (χ1v) is 6.24. The normalized spacial score (nSPS) is 10.3. The van der Waals surface area contributed by atoms with Crippen LogP contribution in [0, 0.1) is 10.1 Å². The van der Waals surface area contributed by atoms with Gasteiger partial charge in [0.05, 0.1) is 9.95 Å². The number of nitrogen functional groups attached to an aromatic ring is 1. The maximum absolute atomic E-state index is 12.1. The molecular weight excluding hydrogens is 286 g/mol. The summed E-state index contributed by atoms with van der Waals surface area (Å²) in [4.78, 5) is 23.8. The number of rotatable bonds is 6. The molecule has 20 heavy (non-hydrogen) atoms. The topological polar surface area (TPSA) is 98.7 Å². The van der Waals surface area contributed by atoms with Gasteiger partial charge in [-0.1, -0.05) is 11.6 Å². The predicted molar refractivity (Wildman–Crippen MR) is 76.0 cm³/mol. The lowest BCUT2D eigenvalue weighted by Crippen LogP contribution is -2.28. The van der Waals surface area contributed by atoms with Crippen molar-refractivity contribution in [1.82, 2.24) is 4.90 Å². The second-order valence-electron chi connectivity index (χ2n) is 4.22. The van der Waals surface area contributed by atoms with Crippen molar-refractivity contribution < 1.29 is 14.5 Å². The van der Waals surface area contributed by atoms with Crippen molar-refractivity contribution in [3.8, 4) is 0 Å². The lowest BCUT2D eigenvalue weighted by Gasteiger charge is -2.17. The minimum absolute atomic E-state index is 0.00663. The van der Waals surface area contributed by atoms with Crippen LogP contribution in [0.5, 0.6) is 0 Å². The van der Waals surface area contributed by atoms with Crippen LogP contribution in [0.2, 0.25) is 5.02 Å². The highest BCUT2D eigenvalue weighted by Gasteiger charge is 2.21. The van der Waals surface area contributed by atoms with Gasteiger partial charge < -0.3 is 15.4 Å². The lowest BCUT2D eigenvalue weighted by molar-refractivity contribution is -0.383. The van der Waals surface area contributed by atoms with Gasteiger partial charge in [-0.15, -0.1) is 0 Å². The lowest BCUT2D eigenvalue weighted by atomic mass is 10.1. The molecule has 1 rings (SSSR count). The number of nitrogens with zero attached hydrogens (tertiary/aromatic N) is 2. The number of amides is 1. The van der Waals surface area contributed by atoms with E-state index in [1.54, 1.807) is 14.2 Å². The molecule has 1 aromatic rings. The minimum Gasteiger partial charge on any atom is -0.392 e. The highest BCUT2D eigenvalue weighted by molar-refractivity contribution is 6.34. The van der Waals surface area contributed by atoms with Crippen LogP contribution >= 0.6 is 11.6 Å². The largest absolute Gasteiger partial charge is 0.392 e. The molecule has 0 radical (unpaired) electrons. The van der Waals surface area contributed by atoms with Crippen LogP contribution in [0.1, 0.15) is 16.8 Å². The van der Waals surface area contributed by atoms with Crippen LogP contribution in [0.25, 0.3) is 0 Å². The van der Waals surface area contributed by atoms with Crippen LogP contribution in [0.15, 0.2) is 12.1 Å². The molecule has 1 aromatic carbocycles. The van der Waals surface area contributed by atoms with Crippen molar-refractivity contribution in [2.45, 2.75) is 6.42 Å². The third kappa shape index (κ3) is 3.82. The summed E-state index contributed by atoms with van der Waals surface area (Å²) in [6.07, 6.45) is 0.670. The van der Waals surface area contributed by atoms with Crippen molar-refractivity contribution in [2.24, 2.45) is 0 Å². The summed E-state index contributed by atoms with van der Waals surface area (Å²) in [6, 6.07) is 2.47. The molecule has 0 aliphatic carbocycles. The fourth-order valence-electron chi connectivity index (χ4n) is 1.65. The number of halogens is 1. The molecule has 0 bridgehead atoms. The van der Waals surface area contributed by atoms with Gasteiger partial charge in [0, 0.05) is 38.9 Å². The predicted octanol–water partition coefficient (Wildman–Crippen LogP) is 1.94. The van der Waals surface area contributed by atoms with Crippen LogP contribution in [0.3, 0.4) is 0 Å². The monoisotopic (exact) mass is 301 g/mol. The number of hydrogen-bond acceptors (Lipinski definition) is 5. The van der Waals surface area contributed by atoms with E-state index >= 15 is 0 Å². The average Bonchev–Trinajstić information content (AvgIpc) is 2.40. The smallest absolute Gasteiger partial charge is 0.294 e. The molecule has 110 valence electrons. The molecule has 1 amide bonds. The van der Waals surface area contributed by atoms with Crippen LogP contribution in [-0.2, 0) is 4.74 Å². The summed E-state index contributed by atoms with van der Waals surface area (Å²) in [6.45, 7) is 1.00. The Morgan fingerprint density at radius 1 is 1.55 bits per heavy atom. The van der Waals surface area contributed by atoms with E-state index in [0.29, 0.717) is 19.6 Å². The quantitative estimate of drug-likeness (QED) is 0.375. The van der Waals surface area contributed by atoms with Gasteiger partial charge in [0.1, 0.15) is 5.69 Å². The molecule has 0 spiro atoms. The van der Waals surface area contributed by atoms with Crippen molar-refractivity contribution in [2.75, 3.05) is 33.0 Å². The van der Waals surface area contributed by atoms with Crippen molar-refractivity contribution in [3.05, 3.63) is 32.8 Å². The van der Waals surface area contributed by atoms with Gasteiger partial charge in [-0.2, -0.15) is 0 Å². The molecule has 0 saturated carbocycles. The zero-order chi connectivity index (χ0) is 15.3. The van der Waals surface area contributed by atoms with Crippen molar-refractivity contribution in [3.63, 3.8) is 0 Å². The van der Waals surface area contributed by atoms with Crippen LogP contribution < -0.4 is 5.73 Å². The molecule has 2 N–H and O–H groups in total. The first-order chi connectivity index (χ1) is 9.38. The molecule has 0 saturated heterocycles. The molecule has 0 aliphatic rings. The number of carbonyl (C=O) groups is 1. The molecule has 0 aromatic heterocycles. The molecule has 0 atom stereocenters. The minimum atomic E-state index is -0.664. The van der Waals surface area contributed by atoms with Crippen molar-refractivity contribution in [1.29, 1.82) is 0 Å². The van der Waals surface area contributed by atoms with Crippen molar-refractivity contribution >= 4 is 28.9 Å². The molecule has 0 aliphatic heterocycles. The van der Waals surface area contributed by atoms with Gasteiger partial charge in [0.2, 0.25) is 0 Å². The summed E-state index contributed by atoms with van der Waals surface area (Å²) < 4.78 is 4.90. The van der Waals surface area contributed by atoms with E-state index in [1.165, 1.54) is 11.0 Å². The SMILES string of the molecule is COCCCN(C)C(=O)c1cc(Cl)c(N)c([N+](=O)[O-])c1. The standard InChI is InChI=1S/C12H16ClN3O4/c1-15(4-3-5-20-2)12(17)8-6-9(13)11(14)10(7-8)16(18)19/h6-7H,3-5,14H2,1-2H3. The van der Waals surface area contributed by atoms with Gasteiger partial charge in [-0.3, -0.25) is 14.9 Å². The number of ether oxygens (including phenoxy) is 1. The zero-order valence-corrected chi connectivity index (χ0v) is 12.0. The van der Waals surface area contributed by atoms with E-state index in [-0.39, 0.29) is 27.9 Å². The Labute approximate surface area is 121 Å². The third-order valence-corrected chi connectivity index (χ3v) is 3.05. The van der Waals surface area contributed by atoms with Gasteiger partial charge in [0.15, 0.2) is 0 Å². The number of benzene rings is 1. The first kappa shape index (κ1) is 16.2. The molecular formula is C12H16ClN3O4. The summed E-state index contributed by atoms with van der Waals surface area (Å²) in [7, 11) is 3.18. The van der Waals surface area contributed by atoms with E-state index in [1.807, 2.05) is 0 Å². The Bertz CT molecular complexity index is 522. The van der Waals surface area contributed by atoms with Gasteiger partial charge >= 0.3 is 0 Å². The number of nitro groups is 1. The Morgan fingerprint density at radius 2 is 2.20 bits per heavy atom. The Balaban J connectivity index is 2.96. The molecule has 0 heterocycles. The second kappa shape index (κ2) is 7.06. The summed E-state index contributed by atoms with van der Waals surface area (Å²) in [5.41, 5.74) is 5.13. The number of anilines is 1. The van der Waals surface area contributed by atoms with Gasteiger partial charge in [-0.05, 0) is 12.5 Å². The number of hydrogen-bond donors (Lipinski definition) is 1. The third-order valence-electron chi connectivity index (χ3n) is 2.74. The number of carbonyl (C=O) groups excluding carboxylic acids is 1. The summed E-state index contributed by atoms with van der Waals surface area (Å²) >= 11 is 5.82. The maximum Gasteiger partial charge on any atom is 0.294 e. The second-order valence-corrected chi connectivity index (χ2v) is 4.63. The molecule has 7 nitrogen and oxygen atoms in total. The fourth-order valence-corrected chi connectivity index (χ4v) is 1.86. The highest BCUT2D eigenvalue weighted by atomic mass is 35.5. The van der Waals surface area contributed by atoms with Gasteiger partial charge in [-0.25, -0.2) is 0 Å². The molecule has 8 heteroatoms. The highest BCUT2D eigenvalue weighted by Crippen LogP contribution is 2.31. The number of nitro benzene ring substituents is 1. The Morgan fingerprint density at radius 3 is 2.75 bits per heavy atom. The van der Waals surface area contributed by atoms with E-state index in [4.69, 9.17) is 22.1 Å². The van der Waals surface area contributed by atoms with Gasteiger partial charge in [0.25, 0.3) is 11.6 Å². The average molecular weight is 302 g/mol. The van der Waals surface area contributed by atoms with Crippen LogP contribution in [0.4, 0.5) is 11.4 Å². The zero-order valence-electron chi connectivity index (χ0n) is 11.3. The van der Waals surface area contributed by atoms with E-state index < -0.39 is 4.92 Å². The molecule has 0 fully saturated rings. The summed E-state index contributed by atoms with van der Waals surface area (Å²) in [5.74, 6) is -0.355. The Hall–Kier alpha value is -1.86. The Kier molecular flexibility index (Phi) is 5.72.